The molecule has 9 rings (SSSR count). The molecule has 1 aliphatic carbocycles. The molecular weight excluding hydrogens is 889 g/mol. The van der Waals surface area contributed by atoms with Crippen molar-refractivity contribution in [2.24, 2.45) is 0 Å². The summed E-state index contributed by atoms with van der Waals surface area (Å²) in [4.78, 5) is 21.1. The van der Waals surface area contributed by atoms with Gasteiger partial charge in [0.1, 0.15) is 33.5 Å². The number of hydrogen-bond acceptors (Lipinski definition) is 12. The monoisotopic (exact) mass is 948 g/mol. The molecule has 330 valence electrons. The fraction of sp³-hybridized carbons (Fsp3) is 0.490. The Balaban J connectivity index is 1.09. The van der Waals surface area contributed by atoms with Crippen molar-refractivity contribution in [3.05, 3.63) is 69.7 Å². The molecule has 0 bridgehead atoms. The summed E-state index contributed by atoms with van der Waals surface area (Å²) in [5.41, 5.74) is 10.9. The van der Waals surface area contributed by atoms with Crippen LogP contribution in [0.15, 0.2) is 48.8 Å². The quantitative estimate of drug-likeness (QED) is 0.0562. The van der Waals surface area contributed by atoms with Crippen molar-refractivity contribution in [2.45, 2.75) is 162 Å². The molecule has 0 N–H and O–H groups in total. The Bertz CT molecular complexity index is 2560. The Labute approximate surface area is 398 Å². The van der Waals surface area contributed by atoms with Crippen LogP contribution in [0.3, 0.4) is 0 Å². The van der Waals surface area contributed by atoms with Gasteiger partial charge in [0.15, 0.2) is 0 Å². The van der Waals surface area contributed by atoms with E-state index in [0.29, 0.717) is 0 Å². The van der Waals surface area contributed by atoms with Crippen LogP contribution in [0.5, 0.6) is 0 Å². The summed E-state index contributed by atoms with van der Waals surface area (Å²) in [5, 5.41) is 0. The van der Waals surface area contributed by atoms with E-state index in [9.17, 15) is 0 Å². The summed E-state index contributed by atoms with van der Waals surface area (Å²) in [6.45, 7) is 9.19. The van der Waals surface area contributed by atoms with Crippen molar-refractivity contribution >= 4 is 90.9 Å². The Hall–Kier alpha value is -3.26. The SMILES string of the molecule is CCCCCCc1ccc(-c2cnc(-c3cc4c(s3)-c3sc(-c5ncc(-c6ccc(CCCCCC)s6)c6nsnc56)cc3C4(CCCCCC)CCCCCC)c3nsnc23)s1. The van der Waals surface area contributed by atoms with Gasteiger partial charge >= 0.3 is 0 Å². The minimum Gasteiger partial charge on any atom is -0.252 e. The van der Waals surface area contributed by atoms with Gasteiger partial charge in [0, 0.05) is 58.2 Å². The molecule has 0 aromatic carbocycles. The van der Waals surface area contributed by atoms with E-state index in [4.69, 9.17) is 27.5 Å². The van der Waals surface area contributed by atoms with Gasteiger partial charge in [0.25, 0.3) is 0 Å². The van der Waals surface area contributed by atoms with E-state index in [2.05, 4.69) is 76.5 Å². The van der Waals surface area contributed by atoms with E-state index in [-0.39, 0.29) is 5.41 Å². The fourth-order valence-corrected chi connectivity index (χ4v) is 15.5. The lowest BCUT2D eigenvalue weighted by Crippen LogP contribution is -2.25. The lowest BCUT2D eigenvalue weighted by atomic mass is 9.71. The molecule has 12 heteroatoms. The van der Waals surface area contributed by atoms with Gasteiger partial charge in [0.2, 0.25) is 0 Å². The summed E-state index contributed by atoms with van der Waals surface area (Å²) >= 11 is 10.2. The van der Waals surface area contributed by atoms with Gasteiger partial charge in [-0.25, -0.2) is 0 Å². The van der Waals surface area contributed by atoms with Crippen molar-refractivity contribution in [3.63, 3.8) is 0 Å². The highest BCUT2D eigenvalue weighted by molar-refractivity contribution is 7.26. The largest absolute Gasteiger partial charge is 0.252 e. The van der Waals surface area contributed by atoms with E-state index in [1.807, 2.05) is 45.3 Å². The lowest BCUT2D eigenvalue weighted by molar-refractivity contribution is 0.402. The number of unbranched alkanes of at least 4 members (excludes halogenated alkanes) is 12. The Morgan fingerprint density at radius 2 is 0.841 bits per heavy atom. The van der Waals surface area contributed by atoms with Crippen LogP contribution in [0.25, 0.3) is 73.8 Å². The van der Waals surface area contributed by atoms with Gasteiger partial charge in [-0.1, -0.05) is 118 Å². The highest BCUT2D eigenvalue weighted by Gasteiger charge is 2.46. The van der Waals surface area contributed by atoms with Crippen LogP contribution in [-0.2, 0) is 18.3 Å². The highest BCUT2D eigenvalue weighted by Crippen LogP contribution is 2.62. The van der Waals surface area contributed by atoms with Gasteiger partial charge in [-0.2, -0.15) is 17.5 Å². The zero-order valence-electron chi connectivity index (χ0n) is 37.4. The maximum Gasteiger partial charge on any atom is 0.132 e. The van der Waals surface area contributed by atoms with Crippen LogP contribution in [-0.4, -0.2) is 27.5 Å². The van der Waals surface area contributed by atoms with Crippen LogP contribution in [0.1, 0.15) is 164 Å². The summed E-state index contributed by atoms with van der Waals surface area (Å²) < 4.78 is 19.7. The Kier molecular flexibility index (Phi) is 14.9. The topological polar surface area (TPSA) is 77.3 Å². The molecule has 8 aromatic rings. The molecule has 0 amide bonds. The van der Waals surface area contributed by atoms with Gasteiger partial charge < -0.3 is 0 Å². The molecule has 0 spiro atoms. The predicted molar refractivity (Wildman–Crippen MR) is 277 cm³/mol. The molecule has 0 saturated carbocycles. The maximum atomic E-state index is 5.25. The number of hydrogen-bond donors (Lipinski definition) is 0. The number of thiophene rings is 4. The van der Waals surface area contributed by atoms with Crippen molar-refractivity contribution < 1.29 is 0 Å². The van der Waals surface area contributed by atoms with Gasteiger partial charge in [-0.05, 0) is 86.1 Å². The number of aromatic nitrogens is 6. The maximum absolute atomic E-state index is 5.25. The number of fused-ring (bicyclic) bond motifs is 5. The molecule has 0 unspecified atom stereocenters. The third-order valence-electron chi connectivity index (χ3n) is 13.1. The van der Waals surface area contributed by atoms with Gasteiger partial charge in [0.05, 0.1) is 33.2 Å². The van der Waals surface area contributed by atoms with Crippen molar-refractivity contribution in [2.75, 3.05) is 0 Å². The predicted octanol–water partition coefficient (Wildman–Crippen LogP) is 17.9. The molecule has 0 saturated heterocycles. The Morgan fingerprint density at radius 1 is 0.429 bits per heavy atom. The minimum atomic E-state index is -0.0522. The molecule has 63 heavy (non-hydrogen) atoms. The number of rotatable bonds is 24. The van der Waals surface area contributed by atoms with E-state index >= 15 is 0 Å². The first-order valence-corrected chi connectivity index (χ1v) is 28.5. The normalized spacial score (nSPS) is 13.2. The summed E-state index contributed by atoms with van der Waals surface area (Å²) in [6.07, 6.45) is 29.0. The van der Waals surface area contributed by atoms with E-state index in [1.165, 1.54) is 176 Å². The first-order valence-electron chi connectivity index (χ1n) is 23.8. The second kappa shape index (κ2) is 20.9. The number of aryl methyl sites for hydroxylation is 2. The molecular formula is C51H60N6S6. The third kappa shape index (κ3) is 9.28. The molecule has 0 radical (unpaired) electrons. The van der Waals surface area contributed by atoms with Crippen molar-refractivity contribution in [1.29, 1.82) is 0 Å². The fourth-order valence-electron chi connectivity index (χ4n) is 9.61. The highest BCUT2D eigenvalue weighted by atomic mass is 32.1. The van der Waals surface area contributed by atoms with Gasteiger partial charge in [-0.3, -0.25) is 9.97 Å². The summed E-state index contributed by atoms with van der Waals surface area (Å²) in [5.74, 6) is 0. The summed E-state index contributed by atoms with van der Waals surface area (Å²) in [7, 11) is 0. The molecule has 0 fully saturated rings. The Morgan fingerprint density at radius 3 is 1.27 bits per heavy atom. The first-order chi connectivity index (χ1) is 31.1. The van der Waals surface area contributed by atoms with Gasteiger partial charge in [-0.15, -0.1) is 45.3 Å². The number of pyridine rings is 2. The van der Waals surface area contributed by atoms with E-state index < -0.39 is 0 Å². The van der Waals surface area contributed by atoms with Crippen LogP contribution in [0.4, 0.5) is 0 Å². The average Bonchev–Trinajstić information content (AvgIpc) is 4.17. The third-order valence-corrected chi connectivity index (χ3v) is 18.9. The lowest BCUT2D eigenvalue weighted by Gasteiger charge is -2.31. The minimum absolute atomic E-state index is 0.0522. The first kappa shape index (κ1) is 44.9. The van der Waals surface area contributed by atoms with E-state index in [0.717, 1.165) is 70.3 Å². The van der Waals surface area contributed by atoms with Crippen LogP contribution < -0.4 is 0 Å². The summed E-state index contributed by atoms with van der Waals surface area (Å²) in [6, 6.07) is 14.2. The smallest absolute Gasteiger partial charge is 0.132 e. The zero-order chi connectivity index (χ0) is 43.2. The molecule has 8 aromatic heterocycles. The van der Waals surface area contributed by atoms with E-state index in [1.54, 1.807) is 0 Å². The second-order valence-electron chi connectivity index (χ2n) is 17.5. The van der Waals surface area contributed by atoms with Crippen LogP contribution in [0.2, 0.25) is 0 Å². The average molecular weight is 949 g/mol. The van der Waals surface area contributed by atoms with Crippen LogP contribution >= 0.6 is 68.8 Å². The van der Waals surface area contributed by atoms with Crippen molar-refractivity contribution in [1.82, 2.24) is 27.5 Å². The zero-order valence-corrected chi connectivity index (χ0v) is 42.3. The van der Waals surface area contributed by atoms with Crippen LogP contribution in [0, 0.1) is 0 Å². The van der Waals surface area contributed by atoms with Crippen molar-refractivity contribution in [3.8, 4) is 51.8 Å². The molecule has 6 nitrogen and oxygen atoms in total. The standard InChI is InChI=1S/C51H60N6S6/c1-5-9-13-17-21-33-23-25-39(58-33)35-31-52-45(47-43(35)54-62-56-47)41-29-37-49(60-41)50-38(51(37,27-19-15-11-7-3)28-20-16-12-8-4)30-42(61-50)46-48-44(55-63-57-48)36(32-53-46)40-26-24-34(59-40)22-18-14-10-6-2/h23-26,29-32H,5-22,27-28H2,1-4H3. The second-order valence-corrected chi connectivity index (χ2v) is 23.0. The molecule has 0 aliphatic heterocycles. The molecule has 1 aliphatic rings. The molecule has 0 atom stereocenters. The molecule has 8 heterocycles. The number of nitrogens with zero attached hydrogens (tertiary/aromatic N) is 6.